The van der Waals surface area contributed by atoms with Crippen LogP contribution < -0.4 is 11.5 Å². The molecule has 0 fully saturated rings. The van der Waals surface area contributed by atoms with E-state index in [1.165, 1.54) is 0 Å². The minimum Gasteiger partial charge on any atom is -0.481 e. The fourth-order valence-electron chi connectivity index (χ4n) is 0. The summed E-state index contributed by atoms with van der Waals surface area (Å²) in [5.74, 6) is -2.50. The van der Waals surface area contributed by atoms with E-state index in [2.05, 4.69) is 0 Å². The zero-order valence-electron chi connectivity index (χ0n) is 9.99. The van der Waals surface area contributed by atoms with Crippen molar-refractivity contribution in [3.8, 4) is 0 Å². The third-order valence-corrected chi connectivity index (χ3v) is 0.167. The van der Waals surface area contributed by atoms with Crippen molar-refractivity contribution in [3.05, 3.63) is 0 Å². The van der Waals surface area contributed by atoms with E-state index >= 15 is 0 Å². The first-order valence-electron chi connectivity index (χ1n) is 4.10. The molecule has 0 aromatic carbocycles. The van der Waals surface area contributed by atoms with E-state index in [0.717, 1.165) is 20.8 Å². The molecule has 9 heteroatoms. The van der Waals surface area contributed by atoms with Gasteiger partial charge in [-0.15, -0.1) is 0 Å². The smallest absolute Gasteiger partial charge is 0.300 e. The largest absolute Gasteiger partial charge is 0.481 e. The number of carboxylic acid groups (broad SMARTS) is 3. The van der Waals surface area contributed by atoms with Crippen LogP contribution in [0.2, 0.25) is 0 Å². The third kappa shape index (κ3) is 1150000. The van der Waals surface area contributed by atoms with Gasteiger partial charge in [0.15, 0.2) is 0 Å². The number of rotatable bonds is 1. The Bertz CT molecular complexity index is 146. The van der Waals surface area contributed by atoms with E-state index in [1.807, 2.05) is 0 Å². The van der Waals surface area contributed by atoms with Gasteiger partial charge >= 0.3 is 0 Å². The maximum Gasteiger partial charge on any atom is 0.300 e. The summed E-state index contributed by atoms with van der Waals surface area (Å²) < 4.78 is 0. The van der Waals surface area contributed by atoms with Crippen LogP contribution in [0.15, 0.2) is 0 Å². The third-order valence-electron chi connectivity index (χ3n) is 0.167. The van der Waals surface area contributed by atoms with E-state index < -0.39 is 17.9 Å². The Morgan fingerprint density at radius 3 is 0.824 bits per heavy atom. The van der Waals surface area contributed by atoms with Crippen LogP contribution in [0, 0.1) is 0 Å². The van der Waals surface area contributed by atoms with Gasteiger partial charge in [-0.1, -0.05) is 0 Å². The molecule has 0 atom stereocenters. The summed E-state index contributed by atoms with van der Waals surface area (Å²) in [6.45, 7) is 4.44. The van der Waals surface area contributed by atoms with Gasteiger partial charge in [-0.3, -0.25) is 14.4 Å². The van der Waals surface area contributed by atoms with E-state index in [1.54, 1.807) is 0 Å². The Morgan fingerprint density at radius 2 is 0.824 bits per heavy atom. The summed E-state index contributed by atoms with van der Waals surface area (Å²) in [6.07, 6.45) is 0. The minimum atomic E-state index is -0.833. The normalized spacial score (nSPS) is 6.18. The van der Waals surface area contributed by atoms with Gasteiger partial charge in [0.05, 0.1) is 0 Å². The summed E-state index contributed by atoms with van der Waals surface area (Å²) in [6, 6.07) is 0. The van der Waals surface area contributed by atoms with Gasteiger partial charge in [-0.05, 0) is 0 Å². The predicted molar refractivity (Wildman–Crippen MR) is 58.0 cm³/mol. The molecule has 0 aliphatic carbocycles. The van der Waals surface area contributed by atoms with Gasteiger partial charge in [0, 0.05) is 53.3 Å². The summed E-state index contributed by atoms with van der Waals surface area (Å²) >= 11 is 0. The zero-order valence-corrected chi connectivity index (χ0v) is 11.7. The van der Waals surface area contributed by atoms with Crippen LogP contribution in [-0.4, -0.2) is 46.3 Å². The molecule has 0 heterocycles. The van der Waals surface area contributed by atoms with Crippen LogP contribution in [-0.2, 0) is 33.9 Å². The standard InChI is InChI=1S/C2H8N2.3C2H4O2.Ru/c3-1-2-4;3*1-2(3)4;/h1-4H2;3*1H3,(H,3,4);. The van der Waals surface area contributed by atoms with Gasteiger partial charge in [0.1, 0.15) is 0 Å². The Balaban J connectivity index is -0.0000000369. The SMILES string of the molecule is CC(=O)O.CC(=O)O.CC(=O)O.NCCN.[Ru]. The molecule has 0 saturated carbocycles. The molecule has 0 rings (SSSR count). The first-order chi connectivity index (χ1) is 7.11. The van der Waals surface area contributed by atoms with Crippen molar-refractivity contribution >= 4 is 17.9 Å². The predicted octanol–water partition coefficient (Wildman–Crippen LogP) is -0.826. The summed E-state index contributed by atoms with van der Waals surface area (Å²) in [5.41, 5.74) is 9.81. The van der Waals surface area contributed by atoms with Crippen LogP contribution in [0.4, 0.5) is 0 Å². The second-order valence-electron chi connectivity index (χ2n) is 2.13. The number of carboxylic acids is 3. The molecule has 0 amide bonds. The van der Waals surface area contributed by atoms with Gasteiger partial charge in [0.25, 0.3) is 17.9 Å². The van der Waals surface area contributed by atoms with Crippen LogP contribution in [0.1, 0.15) is 20.8 Å². The molecule has 106 valence electrons. The maximum absolute atomic E-state index is 9.00. The van der Waals surface area contributed by atoms with Gasteiger partial charge in [-0.2, -0.15) is 0 Å². The van der Waals surface area contributed by atoms with E-state index in [-0.39, 0.29) is 19.5 Å². The van der Waals surface area contributed by atoms with Crippen molar-refractivity contribution in [2.75, 3.05) is 13.1 Å². The van der Waals surface area contributed by atoms with Crippen LogP contribution in [0.25, 0.3) is 0 Å². The topological polar surface area (TPSA) is 164 Å². The minimum absolute atomic E-state index is 0. The molecule has 0 aromatic heterocycles. The summed E-state index contributed by atoms with van der Waals surface area (Å²) in [7, 11) is 0. The molecule has 0 aliphatic heterocycles. The summed E-state index contributed by atoms with van der Waals surface area (Å²) in [4.78, 5) is 27.0. The van der Waals surface area contributed by atoms with Crippen LogP contribution in [0.5, 0.6) is 0 Å². The number of hydrogen-bond donors (Lipinski definition) is 5. The fraction of sp³-hybridized carbons (Fsp3) is 0.625. The second kappa shape index (κ2) is 29.4. The van der Waals surface area contributed by atoms with Crippen molar-refractivity contribution in [1.29, 1.82) is 0 Å². The molecule has 8 nitrogen and oxygen atoms in total. The van der Waals surface area contributed by atoms with Crippen LogP contribution >= 0.6 is 0 Å². The molecule has 0 aliphatic rings. The number of carbonyl (C=O) groups is 3. The van der Waals surface area contributed by atoms with Crippen molar-refractivity contribution < 1.29 is 49.2 Å². The Morgan fingerprint density at radius 1 is 0.765 bits per heavy atom. The quantitative estimate of drug-likeness (QED) is 0.386. The Hall–Kier alpha value is -1.05. The Labute approximate surface area is 113 Å². The van der Waals surface area contributed by atoms with E-state index in [0.29, 0.717) is 13.1 Å². The molecule has 0 saturated heterocycles. The Kier molecular flexibility index (Phi) is 51.4. The molecule has 0 bridgehead atoms. The van der Waals surface area contributed by atoms with Crippen LogP contribution in [0.3, 0.4) is 0 Å². The molecule has 0 radical (unpaired) electrons. The van der Waals surface area contributed by atoms with Crippen molar-refractivity contribution in [2.45, 2.75) is 20.8 Å². The average molecular weight is 341 g/mol. The second-order valence-corrected chi connectivity index (χ2v) is 2.13. The molecule has 0 aromatic rings. The first-order valence-corrected chi connectivity index (χ1v) is 4.10. The van der Waals surface area contributed by atoms with Gasteiger partial charge in [0.2, 0.25) is 0 Å². The zero-order chi connectivity index (χ0) is 14.1. The molecular weight excluding hydrogens is 321 g/mol. The van der Waals surface area contributed by atoms with Gasteiger partial charge < -0.3 is 26.8 Å². The monoisotopic (exact) mass is 342 g/mol. The van der Waals surface area contributed by atoms with Crippen molar-refractivity contribution in [1.82, 2.24) is 0 Å². The average Bonchev–Trinajstić information content (AvgIpc) is 2.00. The number of nitrogens with two attached hydrogens (primary N) is 2. The molecule has 7 N–H and O–H groups in total. The number of hydrogen-bond acceptors (Lipinski definition) is 5. The molecular formula is C8H20N2O6Ru. The molecule has 17 heavy (non-hydrogen) atoms. The van der Waals surface area contributed by atoms with E-state index in [9.17, 15) is 0 Å². The molecule has 0 unspecified atom stereocenters. The first kappa shape index (κ1) is 29.7. The maximum atomic E-state index is 9.00. The van der Waals surface area contributed by atoms with Crippen molar-refractivity contribution in [3.63, 3.8) is 0 Å². The summed E-state index contributed by atoms with van der Waals surface area (Å²) in [5, 5.41) is 22.2. The van der Waals surface area contributed by atoms with Crippen molar-refractivity contribution in [2.24, 2.45) is 11.5 Å². The number of aliphatic carboxylic acids is 3. The molecule has 0 spiro atoms. The fourth-order valence-corrected chi connectivity index (χ4v) is 0. The van der Waals surface area contributed by atoms with Gasteiger partial charge in [-0.25, -0.2) is 0 Å². The van der Waals surface area contributed by atoms with E-state index in [4.69, 9.17) is 41.2 Å².